The quantitative estimate of drug-likeness (QED) is 0.816. The van der Waals surface area contributed by atoms with Crippen LogP contribution in [0.3, 0.4) is 0 Å². The normalized spacial score (nSPS) is 9.83. The molecule has 1 aromatic carbocycles. The lowest BCUT2D eigenvalue weighted by Gasteiger charge is -2.06. The first-order chi connectivity index (χ1) is 8.69. The van der Waals surface area contributed by atoms with E-state index in [1.165, 1.54) is 18.2 Å². The molecule has 1 heterocycles. The van der Waals surface area contributed by atoms with Crippen molar-refractivity contribution in [2.75, 3.05) is 0 Å². The van der Waals surface area contributed by atoms with Crippen molar-refractivity contribution in [3.05, 3.63) is 57.9 Å². The van der Waals surface area contributed by atoms with Crippen LogP contribution in [0.25, 0.3) is 0 Å². The summed E-state index contributed by atoms with van der Waals surface area (Å²) >= 11 is 3.22. The molecule has 5 heteroatoms. The van der Waals surface area contributed by atoms with Crippen molar-refractivity contribution in [1.29, 1.82) is 5.26 Å². The number of nitriles is 1. The van der Waals surface area contributed by atoms with Crippen LogP contribution in [0.5, 0.6) is 5.88 Å². The molecule has 2 aromatic rings. The molecule has 0 fully saturated rings. The summed E-state index contributed by atoms with van der Waals surface area (Å²) < 4.78 is 19.5. The standard InChI is InChI=1S/C13H8BrFN2O/c14-12-2-1-3-13(17-12)18-8-10-6-9(7-16)4-5-11(10)15/h1-6H,8H2. The van der Waals surface area contributed by atoms with Gasteiger partial charge < -0.3 is 4.74 Å². The van der Waals surface area contributed by atoms with Gasteiger partial charge in [-0.15, -0.1) is 0 Å². The number of hydrogen-bond acceptors (Lipinski definition) is 3. The highest BCUT2D eigenvalue weighted by molar-refractivity contribution is 9.10. The number of hydrogen-bond donors (Lipinski definition) is 0. The molecule has 90 valence electrons. The fourth-order valence-electron chi connectivity index (χ4n) is 1.38. The van der Waals surface area contributed by atoms with Crippen molar-refractivity contribution in [3.63, 3.8) is 0 Å². The Morgan fingerprint density at radius 3 is 2.89 bits per heavy atom. The lowest BCUT2D eigenvalue weighted by atomic mass is 10.1. The van der Waals surface area contributed by atoms with E-state index in [-0.39, 0.29) is 6.61 Å². The van der Waals surface area contributed by atoms with Crippen molar-refractivity contribution < 1.29 is 9.13 Å². The summed E-state index contributed by atoms with van der Waals surface area (Å²) in [7, 11) is 0. The van der Waals surface area contributed by atoms with Crippen molar-refractivity contribution >= 4 is 15.9 Å². The summed E-state index contributed by atoms with van der Waals surface area (Å²) in [6.07, 6.45) is 0. The third kappa shape index (κ3) is 3.05. The van der Waals surface area contributed by atoms with Crippen molar-refractivity contribution in [3.8, 4) is 11.9 Å². The van der Waals surface area contributed by atoms with Crippen LogP contribution in [-0.4, -0.2) is 4.98 Å². The van der Waals surface area contributed by atoms with Crippen molar-refractivity contribution in [2.45, 2.75) is 6.61 Å². The lowest BCUT2D eigenvalue weighted by Crippen LogP contribution is -2.00. The second kappa shape index (κ2) is 5.61. The van der Waals surface area contributed by atoms with Crippen molar-refractivity contribution in [1.82, 2.24) is 4.98 Å². The van der Waals surface area contributed by atoms with Gasteiger partial charge in [0.15, 0.2) is 0 Å². The zero-order valence-corrected chi connectivity index (χ0v) is 10.8. The van der Waals surface area contributed by atoms with E-state index in [1.807, 2.05) is 6.07 Å². The molecule has 2 rings (SSSR count). The Labute approximate surface area is 112 Å². The van der Waals surface area contributed by atoms with Gasteiger partial charge in [-0.3, -0.25) is 0 Å². The van der Waals surface area contributed by atoms with Gasteiger partial charge in [0.2, 0.25) is 5.88 Å². The fourth-order valence-corrected chi connectivity index (χ4v) is 1.70. The molecule has 0 aliphatic heterocycles. The van der Waals surface area contributed by atoms with Crippen LogP contribution in [-0.2, 0) is 6.61 Å². The first kappa shape index (κ1) is 12.5. The highest BCUT2D eigenvalue weighted by Gasteiger charge is 2.05. The summed E-state index contributed by atoms with van der Waals surface area (Å²) in [5.41, 5.74) is 0.730. The van der Waals surface area contributed by atoms with Gasteiger partial charge in [0.1, 0.15) is 17.0 Å². The van der Waals surface area contributed by atoms with Crippen LogP contribution in [0.15, 0.2) is 41.0 Å². The molecule has 1 aromatic heterocycles. The Morgan fingerprint density at radius 1 is 1.33 bits per heavy atom. The van der Waals surface area contributed by atoms with Crippen LogP contribution in [0, 0.1) is 17.1 Å². The average Bonchev–Trinajstić information content (AvgIpc) is 2.38. The van der Waals surface area contributed by atoms with E-state index in [2.05, 4.69) is 20.9 Å². The minimum Gasteiger partial charge on any atom is -0.473 e. The largest absolute Gasteiger partial charge is 0.473 e. The smallest absolute Gasteiger partial charge is 0.214 e. The molecule has 0 bridgehead atoms. The molecule has 0 N–H and O–H groups in total. The molecule has 0 radical (unpaired) electrons. The zero-order chi connectivity index (χ0) is 13.0. The minimum atomic E-state index is -0.399. The van der Waals surface area contributed by atoms with Crippen LogP contribution in [0.4, 0.5) is 4.39 Å². The number of aromatic nitrogens is 1. The number of rotatable bonds is 3. The third-order valence-electron chi connectivity index (χ3n) is 2.24. The van der Waals surface area contributed by atoms with E-state index in [0.29, 0.717) is 21.6 Å². The monoisotopic (exact) mass is 306 g/mol. The summed E-state index contributed by atoms with van der Waals surface area (Å²) in [6, 6.07) is 11.3. The topological polar surface area (TPSA) is 45.9 Å². The number of halogens is 2. The fraction of sp³-hybridized carbons (Fsp3) is 0.0769. The lowest BCUT2D eigenvalue weighted by molar-refractivity contribution is 0.287. The molecule has 0 amide bonds. The molecule has 0 atom stereocenters. The maximum Gasteiger partial charge on any atom is 0.214 e. The van der Waals surface area contributed by atoms with E-state index in [0.717, 1.165) is 0 Å². The molecule has 0 spiro atoms. The van der Waals surface area contributed by atoms with Crippen molar-refractivity contribution in [2.24, 2.45) is 0 Å². The van der Waals surface area contributed by atoms with Gasteiger partial charge in [-0.25, -0.2) is 9.37 Å². The Kier molecular flexibility index (Phi) is 3.90. The van der Waals surface area contributed by atoms with Crippen LogP contribution in [0.1, 0.15) is 11.1 Å². The Balaban J connectivity index is 2.13. The van der Waals surface area contributed by atoms with Gasteiger partial charge in [0, 0.05) is 11.6 Å². The number of nitrogens with zero attached hydrogens (tertiary/aromatic N) is 2. The van der Waals surface area contributed by atoms with Gasteiger partial charge in [0.25, 0.3) is 0 Å². The zero-order valence-electron chi connectivity index (χ0n) is 9.23. The van der Waals surface area contributed by atoms with Gasteiger partial charge in [0.05, 0.1) is 11.6 Å². The summed E-state index contributed by atoms with van der Waals surface area (Å²) in [5.74, 6) is -0.00451. The third-order valence-corrected chi connectivity index (χ3v) is 2.68. The summed E-state index contributed by atoms with van der Waals surface area (Å²) in [5, 5.41) is 8.74. The van der Waals surface area contributed by atoms with E-state index in [4.69, 9.17) is 10.00 Å². The summed E-state index contributed by atoms with van der Waals surface area (Å²) in [4.78, 5) is 4.07. The van der Waals surface area contributed by atoms with E-state index < -0.39 is 5.82 Å². The highest BCUT2D eigenvalue weighted by atomic mass is 79.9. The van der Waals surface area contributed by atoms with Gasteiger partial charge in [-0.05, 0) is 40.2 Å². The minimum absolute atomic E-state index is 0.0325. The van der Waals surface area contributed by atoms with E-state index in [9.17, 15) is 4.39 Å². The first-order valence-electron chi connectivity index (χ1n) is 5.13. The molecular weight excluding hydrogens is 299 g/mol. The van der Waals surface area contributed by atoms with E-state index in [1.54, 1.807) is 18.2 Å². The Morgan fingerprint density at radius 2 is 2.17 bits per heavy atom. The molecule has 18 heavy (non-hydrogen) atoms. The van der Waals surface area contributed by atoms with Crippen LogP contribution < -0.4 is 4.74 Å². The van der Waals surface area contributed by atoms with E-state index >= 15 is 0 Å². The Hall–Kier alpha value is -1.93. The van der Waals surface area contributed by atoms with Gasteiger partial charge in [-0.1, -0.05) is 6.07 Å². The predicted octanol–water partition coefficient (Wildman–Crippen LogP) is 3.43. The highest BCUT2D eigenvalue weighted by Crippen LogP contribution is 2.16. The van der Waals surface area contributed by atoms with Crippen LogP contribution >= 0.6 is 15.9 Å². The average molecular weight is 307 g/mol. The maximum absolute atomic E-state index is 13.5. The van der Waals surface area contributed by atoms with Gasteiger partial charge >= 0.3 is 0 Å². The molecular formula is C13H8BrFN2O. The molecule has 0 aliphatic rings. The molecule has 0 saturated heterocycles. The second-order valence-corrected chi connectivity index (χ2v) is 4.32. The van der Waals surface area contributed by atoms with Crippen LogP contribution in [0.2, 0.25) is 0 Å². The predicted molar refractivity (Wildman–Crippen MR) is 67.4 cm³/mol. The first-order valence-corrected chi connectivity index (χ1v) is 5.92. The van der Waals surface area contributed by atoms with Gasteiger partial charge in [-0.2, -0.15) is 5.26 Å². The molecule has 3 nitrogen and oxygen atoms in total. The number of benzene rings is 1. The molecule has 0 unspecified atom stereocenters. The summed E-state index contributed by atoms with van der Waals surface area (Å²) in [6.45, 7) is 0.0325. The Bertz CT molecular complexity index is 610. The number of ether oxygens (including phenoxy) is 1. The molecule has 0 saturated carbocycles. The SMILES string of the molecule is N#Cc1ccc(F)c(COc2cccc(Br)n2)c1. The molecule has 0 aliphatic carbocycles. The maximum atomic E-state index is 13.5. The second-order valence-electron chi connectivity index (χ2n) is 3.51. The number of pyridine rings is 1.